The largest absolute Gasteiger partial charge is 0.493 e. The third-order valence-corrected chi connectivity index (χ3v) is 3.18. The lowest BCUT2D eigenvalue weighted by molar-refractivity contribution is -0.151. The molecule has 1 atom stereocenters. The molecule has 22 heavy (non-hydrogen) atoms. The van der Waals surface area contributed by atoms with Crippen molar-refractivity contribution in [3.8, 4) is 11.5 Å². The van der Waals surface area contributed by atoms with Crippen LogP contribution in [0.1, 0.15) is 23.7 Å². The number of rotatable bonds is 5. The van der Waals surface area contributed by atoms with Crippen LogP contribution < -0.4 is 9.47 Å². The third kappa shape index (κ3) is 4.41. The van der Waals surface area contributed by atoms with Gasteiger partial charge in [-0.2, -0.15) is 13.2 Å². The molecule has 2 nitrogen and oxygen atoms in total. The number of halogens is 3. The second-order valence-corrected chi connectivity index (χ2v) is 4.99. The van der Waals surface area contributed by atoms with Gasteiger partial charge in [-0.1, -0.05) is 36.4 Å². The Balaban J connectivity index is 2.31. The van der Waals surface area contributed by atoms with Crippen molar-refractivity contribution in [2.24, 2.45) is 0 Å². The van der Waals surface area contributed by atoms with Crippen LogP contribution in [0, 0.1) is 6.92 Å². The molecule has 5 heteroatoms. The zero-order valence-corrected chi connectivity index (χ0v) is 12.4. The van der Waals surface area contributed by atoms with Crippen molar-refractivity contribution in [2.75, 3.05) is 7.11 Å². The molecule has 2 rings (SSSR count). The number of hydrogen-bond donors (Lipinski definition) is 0. The number of hydrogen-bond acceptors (Lipinski definition) is 2. The van der Waals surface area contributed by atoms with Crippen molar-refractivity contribution in [1.82, 2.24) is 0 Å². The molecule has 0 heterocycles. The topological polar surface area (TPSA) is 18.5 Å². The van der Waals surface area contributed by atoms with Gasteiger partial charge in [0.15, 0.2) is 11.5 Å². The maximum atomic E-state index is 12.8. The molecule has 2 aromatic carbocycles. The molecule has 0 aliphatic heterocycles. The first kappa shape index (κ1) is 16.2. The van der Waals surface area contributed by atoms with Crippen LogP contribution in [0.2, 0.25) is 0 Å². The summed E-state index contributed by atoms with van der Waals surface area (Å²) in [5.74, 6) is 0.717. The van der Waals surface area contributed by atoms with Crippen molar-refractivity contribution in [2.45, 2.75) is 25.6 Å². The Morgan fingerprint density at radius 3 is 2.27 bits per heavy atom. The molecule has 0 aliphatic rings. The first-order chi connectivity index (χ1) is 10.4. The van der Waals surface area contributed by atoms with Gasteiger partial charge in [0.2, 0.25) is 0 Å². The van der Waals surface area contributed by atoms with E-state index >= 15 is 0 Å². The molecular formula is C17H17F3O2. The Morgan fingerprint density at radius 1 is 1.00 bits per heavy atom. The summed E-state index contributed by atoms with van der Waals surface area (Å²) in [4.78, 5) is 0. The average Bonchev–Trinajstić information content (AvgIpc) is 2.47. The number of aryl methyl sites for hydroxylation is 1. The maximum Gasteiger partial charge on any atom is 0.392 e. The zero-order valence-electron chi connectivity index (χ0n) is 12.4. The zero-order chi connectivity index (χ0) is 16.2. The molecule has 0 amide bonds. The first-order valence-electron chi connectivity index (χ1n) is 6.82. The summed E-state index contributed by atoms with van der Waals surface area (Å²) < 4.78 is 49.3. The molecule has 0 N–H and O–H groups in total. The highest BCUT2D eigenvalue weighted by Crippen LogP contribution is 2.37. The van der Waals surface area contributed by atoms with E-state index in [0.29, 0.717) is 17.1 Å². The SMILES string of the molecule is COc1cc(C)ccc1OC(CC(F)(F)F)c1ccccc1. The van der Waals surface area contributed by atoms with Crippen molar-refractivity contribution in [1.29, 1.82) is 0 Å². The molecule has 0 aliphatic carbocycles. The van der Waals surface area contributed by atoms with Gasteiger partial charge in [0.05, 0.1) is 13.5 Å². The van der Waals surface area contributed by atoms with Gasteiger partial charge in [-0.15, -0.1) is 0 Å². The van der Waals surface area contributed by atoms with Crippen LogP contribution in [-0.4, -0.2) is 13.3 Å². The maximum absolute atomic E-state index is 12.8. The Labute approximate surface area is 127 Å². The molecule has 0 saturated carbocycles. The molecule has 0 bridgehead atoms. The summed E-state index contributed by atoms with van der Waals surface area (Å²) in [5.41, 5.74) is 1.42. The number of alkyl halides is 3. The summed E-state index contributed by atoms with van der Waals surface area (Å²) in [6, 6.07) is 13.5. The number of benzene rings is 2. The Kier molecular flexibility index (Phi) is 4.96. The highest BCUT2D eigenvalue weighted by molar-refractivity contribution is 5.43. The summed E-state index contributed by atoms with van der Waals surface area (Å²) in [6.07, 6.45) is -6.50. The Bertz CT molecular complexity index is 609. The van der Waals surface area contributed by atoms with Gasteiger partial charge in [0.25, 0.3) is 0 Å². The van der Waals surface area contributed by atoms with Crippen molar-refractivity contribution < 1.29 is 22.6 Å². The normalized spacial score (nSPS) is 12.8. The predicted octanol–water partition coefficient (Wildman–Crippen LogP) is 5.08. The molecule has 0 radical (unpaired) electrons. The summed E-state index contributed by atoms with van der Waals surface area (Å²) >= 11 is 0. The van der Waals surface area contributed by atoms with Gasteiger partial charge >= 0.3 is 6.18 Å². The molecule has 0 saturated heterocycles. The van der Waals surface area contributed by atoms with Crippen molar-refractivity contribution >= 4 is 0 Å². The van der Waals surface area contributed by atoms with E-state index in [1.165, 1.54) is 7.11 Å². The van der Waals surface area contributed by atoms with E-state index in [2.05, 4.69) is 0 Å². The lowest BCUT2D eigenvalue weighted by atomic mass is 10.1. The van der Waals surface area contributed by atoms with Crippen LogP contribution in [0.15, 0.2) is 48.5 Å². The van der Waals surface area contributed by atoms with E-state index in [-0.39, 0.29) is 0 Å². The highest BCUT2D eigenvalue weighted by Gasteiger charge is 2.34. The fourth-order valence-corrected chi connectivity index (χ4v) is 2.13. The fourth-order valence-electron chi connectivity index (χ4n) is 2.13. The molecule has 1 unspecified atom stereocenters. The third-order valence-electron chi connectivity index (χ3n) is 3.18. The van der Waals surface area contributed by atoms with Gasteiger partial charge in [-0.25, -0.2) is 0 Å². The van der Waals surface area contributed by atoms with Gasteiger partial charge < -0.3 is 9.47 Å². The van der Waals surface area contributed by atoms with E-state index in [1.54, 1.807) is 48.5 Å². The second kappa shape index (κ2) is 6.73. The minimum absolute atomic E-state index is 0.297. The Morgan fingerprint density at radius 2 is 1.68 bits per heavy atom. The van der Waals surface area contributed by atoms with Crippen LogP contribution in [0.4, 0.5) is 13.2 Å². The summed E-state index contributed by atoms with van der Waals surface area (Å²) in [5, 5.41) is 0. The molecule has 0 fully saturated rings. The second-order valence-electron chi connectivity index (χ2n) is 4.99. The van der Waals surface area contributed by atoms with Gasteiger partial charge in [0.1, 0.15) is 6.10 Å². The highest BCUT2D eigenvalue weighted by atomic mass is 19.4. The molecule has 0 aromatic heterocycles. The van der Waals surface area contributed by atoms with Crippen LogP contribution in [0.5, 0.6) is 11.5 Å². The van der Waals surface area contributed by atoms with Gasteiger partial charge in [0, 0.05) is 0 Å². The van der Waals surface area contributed by atoms with E-state index < -0.39 is 18.7 Å². The molecule has 118 valence electrons. The van der Waals surface area contributed by atoms with Crippen molar-refractivity contribution in [3.05, 3.63) is 59.7 Å². The molecule has 0 spiro atoms. The lowest BCUT2D eigenvalue weighted by Crippen LogP contribution is -2.18. The van der Waals surface area contributed by atoms with Crippen LogP contribution in [0.3, 0.4) is 0 Å². The van der Waals surface area contributed by atoms with E-state index in [0.717, 1.165) is 5.56 Å². The first-order valence-corrected chi connectivity index (χ1v) is 6.82. The summed E-state index contributed by atoms with van der Waals surface area (Å²) in [6.45, 7) is 1.87. The number of methoxy groups -OCH3 is 1. The molecular weight excluding hydrogens is 293 g/mol. The smallest absolute Gasteiger partial charge is 0.392 e. The summed E-state index contributed by atoms with van der Waals surface area (Å²) in [7, 11) is 1.46. The standard InChI is InChI=1S/C17H17F3O2/c1-12-8-9-14(15(10-12)21-2)22-16(11-17(18,19)20)13-6-4-3-5-7-13/h3-10,16H,11H2,1-2H3. The molecule has 2 aromatic rings. The Hall–Kier alpha value is -2.17. The van der Waals surface area contributed by atoms with Crippen LogP contribution >= 0.6 is 0 Å². The predicted molar refractivity (Wildman–Crippen MR) is 78.2 cm³/mol. The van der Waals surface area contributed by atoms with E-state index in [9.17, 15) is 13.2 Å². The fraction of sp³-hybridized carbons (Fsp3) is 0.294. The lowest BCUT2D eigenvalue weighted by Gasteiger charge is -2.22. The van der Waals surface area contributed by atoms with Gasteiger partial charge in [-0.05, 0) is 30.2 Å². The minimum atomic E-state index is -4.32. The average molecular weight is 310 g/mol. The minimum Gasteiger partial charge on any atom is -0.493 e. The van der Waals surface area contributed by atoms with E-state index in [4.69, 9.17) is 9.47 Å². The number of ether oxygens (including phenoxy) is 2. The van der Waals surface area contributed by atoms with Crippen LogP contribution in [-0.2, 0) is 0 Å². The monoisotopic (exact) mass is 310 g/mol. The van der Waals surface area contributed by atoms with E-state index in [1.807, 2.05) is 6.92 Å². The quantitative estimate of drug-likeness (QED) is 0.767. The van der Waals surface area contributed by atoms with Gasteiger partial charge in [-0.3, -0.25) is 0 Å². The van der Waals surface area contributed by atoms with Crippen LogP contribution in [0.25, 0.3) is 0 Å². The van der Waals surface area contributed by atoms with Crippen molar-refractivity contribution in [3.63, 3.8) is 0 Å².